The molecule has 168 valence electrons. The topological polar surface area (TPSA) is 81.3 Å². The number of aromatic nitrogens is 2. The van der Waals surface area contributed by atoms with Gasteiger partial charge in [-0.05, 0) is 58.7 Å². The Bertz CT molecular complexity index is 747. The van der Waals surface area contributed by atoms with Crippen LogP contribution in [-0.2, 0) is 21.7 Å². The minimum Gasteiger partial charge on any atom is -0.327 e. The molecule has 0 saturated carbocycles. The quantitative estimate of drug-likeness (QED) is 0.629. The molecule has 0 bridgehead atoms. The van der Waals surface area contributed by atoms with Crippen molar-refractivity contribution in [3.8, 4) is 0 Å². The molecule has 3 heterocycles. The number of nitrogens with zero attached hydrogens (tertiary/aromatic N) is 3. The number of hydrogen-bond acceptors (Lipinski definition) is 4. The van der Waals surface area contributed by atoms with Gasteiger partial charge in [-0.15, -0.1) is 0 Å². The first-order chi connectivity index (χ1) is 14.2. The largest absolute Gasteiger partial charge is 0.327 e. The Morgan fingerprint density at radius 1 is 1.23 bits per heavy atom. The predicted molar refractivity (Wildman–Crippen MR) is 119 cm³/mol. The van der Waals surface area contributed by atoms with Gasteiger partial charge in [-0.25, -0.2) is 0 Å². The second kappa shape index (κ2) is 9.50. The predicted octanol–water partition coefficient (Wildman–Crippen LogP) is 3.87. The number of carbonyl (C=O) groups is 2. The fourth-order valence-electron chi connectivity index (χ4n) is 4.74. The van der Waals surface area contributed by atoms with E-state index in [1.165, 1.54) is 19.3 Å². The molecule has 0 unspecified atom stereocenters. The number of hydrogen-bond donors (Lipinski definition) is 2. The highest BCUT2D eigenvalue weighted by atomic mass is 16.2. The summed E-state index contributed by atoms with van der Waals surface area (Å²) in [6, 6.07) is 0. The zero-order chi connectivity index (χ0) is 21.9. The van der Waals surface area contributed by atoms with Gasteiger partial charge in [0, 0.05) is 17.9 Å². The Morgan fingerprint density at radius 3 is 2.57 bits per heavy atom. The van der Waals surface area contributed by atoms with E-state index in [0.717, 1.165) is 43.7 Å². The summed E-state index contributed by atoms with van der Waals surface area (Å²) >= 11 is 0. The van der Waals surface area contributed by atoms with E-state index in [0.29, 0.717) is 24.7 Å². The van der Waals surface area contributed by atoms with Gasteiger partial charge < -0.3 is 15.1 Å². The molecule has 7 heteroatoms. The normalized spacial score (nSPS) is 19.3. The van der Waals surface area contributed by atoms with Crippen molar-refractivity contribution < 1.29 is 9.59 Å². The van der Waals surface area contributed by atoms with Crippen LogP contribution in [0.25, 0.3) is 0 Å². The number of rotatable bonds is 8. The number of fused-ring (bicyclic) bond motifs is 1. The molecule has 0 aliphatic carbocycles. The van der Waals surface area contributed by atoms with E-state index < -0.39 is 5.54 Å². The van der Waals surface area contributed by atoms with E-state index >= 15 is 0 Å². The van der Waals surface area contributed by atoms with Crippen LogP contribution in [0.1, 0.15) is 84.4 Å². The van der Waals surface area contributed by atoms with Crippen molar-refractivity contribution in [1.82, 2.24) is 20.0 Å². The lowest BCUT2D eigenvalue weighted by molar-refractivity contribution is -0.142. The molecule has 1 aromatic rings. The molecule has 0 aromatic carbocycles. The number of likely N-dealkylation sites (tertiary alicyclic amines) is 1. The Kier molecular flexibility index (Phi) is 7.22. The van der Waals surface area contributed by atoms with Crippen molar-refractivity contribution in [3.05, 3.63) is 11.3 Å². The van der Waals surface area contributed by atoms with Gasteiger partial charge in [0.25, 0.3) is 0 Å². The van der Waals surface area contributed by atoms with Crippen molar-refractivity contribution >= 4 is 17.6 Å². The molecule has 1 saturated heterocycles. The Labute approximate surface area is 181 Å². The second-order valence-electron chi connectivity index (χ2n) is 9.88. The first-order valence-electron chi connectivity index (χ1n) is 11.6. The number of nitrogens with one attached hydrogen (secondary N) is 2. The number of piperidine rings is 1. The summed E-state index contributed by atoms with van der Waals surface area (Å²) in [6.07, 6.45) is 6.10. The van der Waals surface area contributed by atoms with Gasteiger partial charge in [0.05, 0.1) is 17.8 Å². The number of unbranched alkanes of at least 4 members (excludes halogenated alkanes) is 2. The Balaban J connectivity index is 1.62. The molecule has 1 aromatic heterocycles. The van der Waals surface area contributed by atoms with Gasteiger partial charge in [-0.1, -0.05) is 33.6 Å². The van der Waals surface area contributed by atoms with Gasteiger partial charge in [0.2, 0.25) is 11.8 Å². The molecular weight excluding hydrogens is 378 g/mol. The lowest BCUT2D eigenvalue weighted by atomic mass is 9.92. The average Bonchev–Trinajstić information content (AvgIpc) is 3.20. The molecule has 7 nitrogen and oxygen atoms in total. The molecule has 2 aliphatic rings. The van der Waals surface area contributed by atoms with Crippen LogP contribution < -0.4 is 5.32 Å². The molecule has 2 aliphatic heterocycles. The van der Waals surface area contributed by atoms with Crippen molar-refractivity contribution in [2.45, 2.75) is 85.2 Å². The summed E-state index contributed by atoms with van der Waals surface area (Å²) in [4.78, 5) is 30.1. The van der Waals surface area contributed by atoms with E-state index in [4.69, 9.17) is 0 Å². The highest BCUT2D eigenvalue weighted by molar-refractivity contribution is 5.91. The maximum atomic E-state index is 13.4. The maximum absolute atomic E-state index is 13.4. The minimum atomic E-state index is -0.446. The molecular formula is C23H39N5O2. The van der Waals surface area contributed by atoms with Crippen LogP contribution >= 0.6 is 0 Å². The third-order valence-corrected chi connectivity index (χ3v) is 6.60. The fraction of sp³-hybridized carbons (Fsp3) is 0.783. The molecule has 3 rings (SSSR count). The number of H-pyrrole nitrogens is 1. The van der Waals surface area contributed by atoms with Crippen LogP contribution in [0, 0.1) is 11.8 Å². The lowest BCUT2D eigenvalue weighted by Gasteiger charge is -2.38. The molecule has 30 heavy (non-hydrogen) atoms. The molecule has 2 amide bonds. The van der Waals surface area contributed by atoms with Gasteiger partial charge in [-0.2, -0.15) is 5.10 Å². The first kappa shape index (κ1) is 22.8. The van der Waals surface area contributed by atoms with E-state index in [1.54, 1.807) is 0 Å². The molecule has 0 atom stereocenters. The summed E-state index contributed by atoms with van der Waals surface area (Å²) < 4.78 is 0. The summed E-state index contributed by atoms with van der Waals surface area (Å²) in [5, 5.41) is 10.4. The summed E-state index contributed by atoms with van der Waals surface area (Å²) in [6.45, 7) is 14.1. The highest BCUT2D eigenvalue weighted by Gasteiger charge is 2.45. The fourth-order valence-corrected chi connectivity index (χ4v) is 4.74. The van der Waals surface area contributed by atoms with Crippen molar-refractivity contribution in [3.63, 3.8) is 0 Å². The van der Waals surface area contributed by atoms with E-state index in [-0.39, 0.29) is 17.7 Å². The second-order valence-corrected chi connectivity index (χ2v) is 9.88. The zero-order valence-corrected chi connectivity index (χ0v) is 19.4. The lowest BCUT2D eigenvalue weighted by Crippen LogP contribution is -2.47. The van der Waals surface area contributed by atoms with Crippen LogP contribution in [0.4, 0.5) is 5.82 Å². The van der Waals surface area contributed by atoms with E-state index in [9.17, 15) is 9.59 Å². The van der Waals surface area contributed by atoms with Crippen LogP contribution in [0.15, 0.2) is 0 Å². The summed E-state index contributed by atoms with van der Waals surface area (Å²) in [5.41, 5.74) is 1.44. The summed E-state index contributed by atoms with van der Waals surface area (Å²) in [5.74, 6) is 1.15. The van der Waals surface area contributed by atoms with Crippen LogP contribution in [0.3, 0.4) is 0 Å². The van der Waals surface area contributed by atoms with Crippen molar-refractivity contribution in [2.75, 3.05) is 25.0 Å². The van der Waals surface area contributed by atoms with Gasteiger partial charge in [0.1, 0.15) is 0 Å². The number of anilines is 1. The SMILES string of the molecule is CCCCCN1CCC(C(=O)N2Cc3c(NC(=O)CC(C)C)n[nH]c3C2(C)C)CC1. The molecule has 0 spiro atoms. The van der Waals surface area contributed by atoms with Crippen molar-refractivity contribution in [1.29, 1.82) is 0 Å². The third-order valence-electron chi connectivity index (χ3n) is 6.60. The summed E-state index contributed by atoms with van der Waals surface area (Å²) in [7, 11) is 0. The van der Waals surface area contributed by atoms with Crippen molar-refractivity contribution in [2.24, 2.45) is 11.8 Å². The van der Waals surface area contributed by atoms with Gasteiger partial charge in [0.15, 0.2) is 5.82 Å². The molecule has 0 radical (unpaired) electrons. The zero-order valence-electron chi connectivity index (χ0n) is 19.4. The smallest absolute Gasteiger partial charge is 0.226 e. The van der Waals surface area contributed by atoms with E-state index in [2.05, 4.69) is 41.2 Å². The monoisotopic (exact) mass is 417 g/mol. The molecule has 1 fully saturated rings. The average molecular weight is 418 g/mol. The van der Waals surface area contributed by atoms with Gasteiger partial charge in [-0.3, -0.25) is 14.7 Å². The van der Waals surface area contributed by atoms with Crippen LogP contribution in [-0.4, -0.2) is 51.4 Å². The molecule has 2 N–H and O–H groups in total. The Morgan fingerprint density at radius 2 is 1.93 bits per heavy atom. The van der Waals surface area contributed by atoms with Crippen LogP contribution in [0.5, 0.6) is 0 Å². The number of aromatic amines is 1. The van der Waals surface area contributed by atoms with Gasteiger partial charge >= 0.3 is 0 Å². The standard InChI is InChI=1S/C23H39N5O2/c1-6-7-8-11-27-12-9-17(10-13-27)22(30)28-15-18-20(23(28,4)5)25-26-21(18)24-19(29)14-16(2)3/h16-17H,6-15H2,1-5H3,(H2,24,25,26,29). The van der Waals surface area contributed by atoms with E-state index in [1.807, 2.05) is 18.7 Å². The maximum Gasteiger partial charge on any atom is 0.226 e. The Hall–Kier alpha value is -1.89. The highest BCUT2D eigenvalue weighted by Crippen LogP contribution is 2.42. The minimum absolute atomic E-state index is 0.0303. The third kappa shape index (κ3) is 4.88. The van der Waals surface area contributed by atoms with Crippen LogP contribution in [0.2, 0.25) is 0 Å². The number of amides is 2. The number of carbonyl (C=O) groups excluding carboxylic acids is 2. The first-order valence-corrected chi connectivity index (χ1v) is 11.6.